The van der Waals surface area contributed by atoms with Crippen LogP contribution in [-0.2, 0) is 14.9 Å². The van der Waals surface area contributed by atoms with Gasteiger partial charge in [-0.2, -0.15) is 8.42 Å². The maximum absolute atomic E-state index is 11.0. The number of unbranched alkanes of at least 4 members (excludes halogenated alkanes) is 6. The predicted octanol–water partition coefficient (Wildman–Crippen LogP) is 2.78. The fourth-order valence-electron chi connectivity index (χ4n) is 2.19. The molecule has 5 nitrogen and oxygen atoms in total. The Bertz CT molecular complexity index is 303. The van der Waals surface area contributed by atoms with E-state index in [-0.39, 0.29) is 6.61 Å². The number of hydrogen-bond donors (Lipinski definition) is 2. The van der Waals surface area contributed by atoms with Crippen LogP contribution >= 0.6 is 0 Å². The van der Waals surface area contributed by atoms with Gasteiger partial charge < -0.3 is 9.84 Å². The molecule has 0 aromatic heterocycles. The van der Waals surface area contributed by atoms with E-state index in [0.29, 0.717) is 26.1 Å². The molecule has 1 unspecified atom stereocenters. The summed E-state index contributed by atoms with van der Waals surface area (Å²) in [6.07, 6.45) is 8.51. The van der Waals surface area contributed by atoms with E-state index >= 15 is 0 Å². The normalized spacial score (nSPS) is 13.6. The van der Waals surface area contributed by atoms with Gasteiger partial charge in [-0.1, -0.05) is 45.4 Å². The second kappa shape index (κ2) is 12.6. The molecule has 0 aliphatic rings. The van der Waals surface area contributed by atoms with Gasteiger partial charge in [-0.15, -0.1) is 0 Å². The third-order valence-electron chi connectivity index (χ3n) is 3.43. The molecule has 0 rings (SSSR count). The molecule has 0 spiro atoms. The molecule has 0 aliphatic carbocycles. The van der Waals surface area contributed by atoms with E-state index in [9.17, 15) is 8.42 Å². The van der Waals surface area contributed by atoms with Gasteiger partial charge >= 0.3 is 0 Å². The van der Waals surface area contributed by atoms with Crippen molar-refractivity contribution in [3.05, 3.63) is 0 Å². The van der Waals surface area contributed by atoms with Crippen LogP contribution in [0.1, 0.15) is 64.7 Å². The standard InChI is InChI=1S/C14H30O5S/c1-2-14(20(16,17)18)10-8-6-4-3-5-7-9-12-19-13-11-15/h14-15H,2-13H2,1H3,(H,16,17,18). The maximum atomic E-state index is 11.0. The smallest absolute Gasteiger partial charge is 0.267 e. The van der Waals surface area contributed by atoms with Crippen LogP contribution in [0, 0.1) is 0 Å². The molecule has 6 heteroatoms. The lowest BCUT2D eigenvalue weighted by molar-refractivity contribution is 0.0895. The molecule has 0 bridgehead atoms. The van der Waals surface area contributed by atoms with Gasteiger partial charge in [0.1, 0.15) is 0 Å². The fourth-order valence-corrected chi connectivity index (χ4v) is 3.08. The molecular weight excluding hydrogens is 280 g/mol. The molecule has 0 aromatic carbocycles. The summed E-state index contributed by atoms with van der Waals surface area (Å²) < 4.78 is 36.2. The Labute approximate surface area is 123 Å². The van der Waals surface area contributed by atoms with E-state index in [1.54, 1.807) is 6.92 Å². The Morgan fingerprint density at radius 2 is 1.50 bits per heavy atom. The topological polar surface area (TPSA) is 83.8 Å². The molecule has 0 aliphatic heterocycles. The fraction of sp³-hybridized carbons (Fsp3) is 1.00. The average Bonchev–Trinajstić information content (AvgIpc) is 2.38. The number of aliphatic hydroxyl groups excluding tert-OH is 1. The van der Waals surface area contributed by atoms with E-state index in [1.165, 1.54) is 0 Å². The van der Waals surface area contributed by atoms with Crippen molar-refractivity contribution in [1.29, 1.82) is 0 Å². The van der Waals surface area contributed by atoms with Crippen molar-refractivity contribution in [2.24, 2.45) is 0 Å². The van der Waals surface area contributed by atoms with Crippen LogP contribution < -0.4 is 0 Å². The zero-order chi connectivity index (χ0) is 15.3. The van der Waals surface area contributed by atoms with Gasteiger partial charge in [-0.25, -0.2) is 0 Å². The highest BCUT2D eigenvalue weighted by Crippen LogP contribution is 2.15. The van der Waals surface area contributed by atoms with Crippen molar-refractivity contribution < 1.29 is 22.8 Å². The summed E-state index contributed by atoms with van der Waals surface area (Å²) in [5, 5.41) is 7.93. The molecular formula is C14H30O5S. The van der Waals surface area contributed by atoms with Gasteiger partial charge in [0, 0.05) is 6.61 Å². The highest BCUT2D eigenvalue weighted by atomic mass is 32.2. The number of ether oxygens (including phenoxy) is 1. The zero-order valence-electron chi connectivity index (χ0n) is 12.6. The molecule has 0 fully saturated rings. The van der Waals surface area contributed by atoms with Gasteiger partial charge in [-0.05, 0) is 19.3 Å². The number of rotatable bonds is 14. The third kappa shape index (κ3) is 11.6. The highest BCUT2D eigenvalue weighted by Gasteiger charge is 2.19. The van der Waals surface area contributed by atoms with E-state index < -0.39 is 15.4 Å². The summed E-state index contributed by atoms with van der Waals surface area (Å²) in [6.45, 7) is 3.01. The predicted molar refractivity (Wildman–Crippen MR) is 80.5 cm³/mol. The molecule has 0 heterocycles. The minimum absolute atomic E-state index is 0.0856. The first-order valence-electron chi connectivity index (χ1n) is 7.67. The van der Waals surface area contributed by atoms with Crippen molar-refractivity contribution in [3.63, 3.8) is 0 Å². The molecule has 0 saturated carbocycles. The van der Waals surface area contributed by atoms with Crippen molar-refractivity contribution in [2.75, 3.05) is 19.8 Å². The lowest BCUT2D eigenvalue weighted by Crippen LogP contribution is -2.19. The Hall–Kier alpha value is -0.170. The Balaban J connectivity index is 3.32. The van der Waals surface area contributed by atoms with E-state index in [0.717, 1.165) is 44.9 Å². The van der Waals surface area contributed by atoms with E-state index in [2.05, 4.69) is 0 Å². The number of aliphatic hydroxyl groups is 1. The minimum atomic E-state index is -3.86. The van der Waals surface area contributed by atoms with Crippen molar-refractivity contribution in [3.8, 4) is 0 Å². The minimum Gasteiger partial charge on any atom is -0.394 e. The van der Waals surface area contributed by atoms with Crippen LogP contribution in [0.2, 0.25) is 0 Å². The van der Waals surface area contributed by atoms with Gasteiger partial charge in [0.25, 0.3) is 10.1 Å². The molecule has 0 saturated heterocycles. The number of hydrogen-bond acceptors (Lipinski definition) is 4. The van der Waals surface area contributed by atoms with Crippen LogP contribution in [-0.4, -0.2) is 43.1 Å². The molecule has 2 N–H and O–H groups in total. The summed E-state index contributed by atoms with van der Waals surface area (Å²) in [5.41, 5.74) is 0. The average molecular weight is 310 g/mol. The first kappa shape index (κ1) is 19.8. The first-order chi connectivity index (χ1) is 9.52. The summed E-state index contributed by atoms with van der Waals surface area (Å²) in [7, 11) is -3.86. The third-order valence-corrected chi connectivity index (χ3v) is 4.84. The Kier molecular flexibility index (Phi) is 12.5. The zero-order valence-corrected chi connectivity index (χ0v) is 13.4. The van der Waals surface area contributed by atoms with E-state index in [1.807, 2.05) is 0 Å². The van der Waals surface area contributed by atoms with Crippen LogP contribution in [0.15, 0.2) is 0 Å². The summed E-state index contributed by atoms with van der Waals surface area (Å²) in [4.78, 5) is 0. The molecule has 0 aromatic rings. The van der Waals surface area contributed by atoms with Crippen molar-refractivity contribution in [1.82, 2.24) is 0 Å². The summed E-state index contributed by atoms with van der Waals surface area (Å²) >= 11 is 0. The van der Waals surface area contributed by atoms with Crippen LogP contribution in [0.5, 0.6) is 0 Å². The van der Waals surface area contributed by atoms with Crippen molar-refractivity contribution in [2.45, 2.75) is 70.0 Å². The molecule has 0 radical (unpaired) electrons. The Morgan fingerprint density at radius 3 is 2.00 bits per heavy atom. The SMILES string of the molecule is CCC(CCCCCCCCCOCCO)S(=O)(=O)O. The highest BCUT2D eigenvalue weighted by molar-refractivity contribution is 7.86. The lowest BCUT2D eigenvalue weighted by atomic mass is 10.1. The van der Waals surface area contributed by atoms with Crippen LogP contribution in [0.25, 0.3) is 0 Å². The van der Waals surface area contributed by atoms with Gasteiger partial charge in [-0.3, -0.25) is 4.55 Å². The summed E-state index contributed by atoms with van der Waals surface area (Å²) in [6, 6.07) is 0. The second-order valence-electron chi connectivity index (χ2n) is 5.14. The van der Waals surface area contributed by atoms with E-state index in [4.69, 9.17) is 14.4 Å². The van der Waals surface area contributed by atoms with Gasteiger partial charge in [0.05, 0.1) is 18.5 Å². The van der Waals surface area contributed by atoms with Crippen molar-refractivity contribution >= 4 is 10.1 Å². The first-order valence-corrected chi connectivity index (χ1v) is 9.17. The summed E-state index contributed by atoms with van der Waals surface area (Å²) in [5.74, 6) is 0. The monoisotopic (exact) mass is 310 g/mol. The lowest BCUT2D eigenvalue weighted by Gasteiger charge is -2.10. The van der Waals surface area contributed by atoms with Gasteiger partial charge in [0.15, 0.2) is 0 Å². The molecule has 1 atom stereocenters. The Morgan fingerprint density at radius 1 is 0.950 bits per heavy atom. The maximum Gasteiger partial charge on any atom is 0.267 e. The van der Waals surface area contributed by atoms with Gasteiger partial charge in [0.2, 0.25) is 0 Å². The van der Waals surface area contributed by atoms with Crippen LogP contribution in [0.4, 0.5) is 0 Å². The van der Waals surface area contributed by atoms with Crippen LogP contribution in [0.3, 0.4) is 0 Å². The molecule has 20 heavy (non-hydrogen) atoms. The quantitative estimate of drug-likeness (QED) is 0.381. The molecule has 0 amide bonds. The largest absolute Gasteiger partial charge is 0.394 e. The second-order valence-corrected chi connectivity index (χ2v) is 6.84. The molecule has 122 valence electrons.